The highest BCUT2D eigenvalue weighted by Gasteiger charge is 2.34. The number of rotatable bonds is 15. The molecule has 4 aromatic carbocycles. The van der Waals surface area contributed by atoms with E-state index < -0.39 is 18.3 Å². The van der Waals surface area contributed by atoms with Gasteiger partial charge in [0.25, 0.3) is 0 Å². The molecule has 0 bridgehead atoms. The highest BCUT2D eigenvalue weighted by molar-refractivity contribution is 5.78. The van der Waals surface area contributed by atoms with E-state index in [1.165, 1.54) is 0 Å². The van der Waals surface area contributed by atoms with Crippen LogP contribution in [0.2, 0.25) is 0 Å². The van der Waals surface area contributed by atoms with Gasteiger partial charge in [-0.2, -0.15) is 0 Å². The van der Waals surface area contributed by atoms with Gasteiger partial charge in [0.2, 0.25) is 11.8 Å². The summed E-state index contributed by atoms with van der Waals surface area (Å²) in [6.45, 7) is 2.91. The molecule has 5 atom stereocenters. The van der Waals surface area contributed by atoms with Crippen molar-refractivity contribution in [2.45, 2.75) is 76.4 Å². The number of hydrogen-bond donors (Lipinski definition) is 5. The van der Waals surface area contributed by atoms with Crippen molar-refractivity contribution in [2.24, 2.45) is 0 Å². The summed E-state index contributed by atoms with van der Waals surface area (Å²) in [5.41, 5.74) is 8.03. The van der Waals surface area contributed by atoms with E-state index in [0.29, 0.717) is 25.9 Å². The number of carbonyl (C=O) groups is 2. The smallest absolute Gasteiger partial charge is 0.243 e. The van der Waals surface area contributed by atoms with E-state index in [4.69, 9.17) is 14.7 Å². The number of ether oxygens (including phenoxy) is 2. The molecule has 0 aliphatic carbocycles. The number of benzene rings is 4. The van der Waals surface area contributed by atoms with Crippen molar-refractivity contribution >= 4 is 11.8 Å². The molecule has 0 saturated carbocycles. The number of aliphatic hydroxyl groups is 2. The van der Waals surface area contributed by atoms with Crippen molar-refractivity contribution in [2.75, 3.05) is 13.6 Å². The molecule has 1 saturated heterocycles. The molecular formula is C40H47N3O7. The van der Waals surface area contributed by atoms with Crippen molar-refractivity contribution < 1.29 is 34.5 Å². The lowest BCUT2D eigenvalue weighted by molar-refractivity contribution is -0.253. The van der Waals surface area contributed by atoms with Gasteiger partial charge in [-0.3, -0.25) is 19.7 Å². The Hall–Kier alpha value is -4.42. The Morgan fingerprint density at radius 3 is 2.26 bits per heavy atom. The van der Waals surface area contributed by atoms with Gasteiger partial charge in [0, 0.05) is 44.0 Å². The number of nitrogens with one attached hydrogen (secondary N) is 2. The van der Waals surface area contributed by atoms with Crippen LogP contribution in [0.4, 0.5) is 0 Å². The van der Waals surface area contributed by atoms with E-state index in [1.54, 1.807) is 5.48 Å². The summed E-state index contributed by atoms with van der Waals surface area (Å²) in [5, 5.41) is 32.2. The highest BCUT2D eigenvalue weighted by Crippen LogP contribution is 2.39. The monoisotopic (exact) mass is 681 g/mol. The molecule has 5 N–H and O–H groups in total. The molecule has 50 heavy (non-hydrogen) atoms. The zero-order chi connectivity index (χ0) is 35.5. The minimum atomic E-state index is -0.653. The Bertz CT molecular complexity index is 1680. The first-order chi connectivity index (χ1) is 24.2. The molecule has 1 fully saturated rings. The summed E-state index contributed by atoms with van der Waals surface area (Å²) in [6, 6.07) is 33.3. The van der Waals surface area contributed by atoms with Crippen LogP contribution in [0.1, 0.15) is 78.9 Å². The van der Waals surface area contributed by atoms with E-state index in [0.717, 1.165) is 38.9 Å². The summed E-state index contributed by atoms with van der Waals surface area (Å²) in [5.74, 6) is -0.681. The standard InChI is InChI=1S/C40H47N3O7/c1-27(39(47)31-10-4-3-5-11-31)43(2)25-35-23-36(30-19-17-28(26-44)18-20-30)50-40(49-35)34-14-7-13-33(22-34)32-12-6-9-29(21-32)24-41-37(45)15-8-16-38(46)42-48/h3-7,9-14,17-22,27,35-36,39-40,44,47-48H,8,15-16,23-26H2,1-2H3,(H,41,45)(H,42,46)/t27-,35-,36+,39-,40+/m1/s1. The van der Waals surface area contributed by atoms with Crippen molar-refractivity contribution in [3.8, 4) is 11.1 Å². The molecule has 264 valence electrons. The molecule has 1 aliphatic heterocycles. The van der Waals surface area contributed by atoms with Crippen LogP contribution in [0, 0.1) is 0 Å². The van der Waals surface area contributed by atoms with Crippen LogP contribution in [0.15, 0.2) is 103 Å². The maximum Gasteiger partial charge on any atom is 0.243 e. The first kappa shape index (κ1) is 36.9. The number of hydroxylamine groups is 1. The Labute approximate surface area is 293 Å². The molecule has 10 nitrogen and oxygen atoms in total. The predicted octanol–water partition coefficient (Wildman–Crippen LogP) is 5.74. The van der Waals surface area contributed by atoms with E-state index >= 15 is 0 Å². The normalized spacial score (nSPS) is 18.7. The lowest BCUT2D eigenvalue weighted by Crippen LogP contribution is -2.43. The molecule has 0 unspecified atom stereocenters. The SMILES string of the molecule is C[C@H]([C@@H](O)c1ccccc1)N(C)C[C@H]1C[C@@H](c2ccc(CO)cc2)O[C@@H](c2cccc(-c3cccc(CNC(=O)CCCC(=O)NO)c3)c2)O1. The van der Waals surface area contributed by atoms with Crippen molar-refractivity contribution in [1.82, 2.24) is 15.7 Å². The van der Waals surface area contributed by atoms with Crippen LogP contribution in [-0.2, 0) is 32.2 Å². The number of likely N-dealkylation sites (N-methyl/N-ethyl adjacent to an activating group) is 1. The third kappa shape index (κ3) is 10.1. The minimum absolute atomic E-state index is 0.0293. The van der Waals surface area contributed by atoms with Gasteiger partial charge in [-0.15, -0.1) is 0 Å². The molecule has 2 amide bonds. The molecule has 1 heterocycles. The van der Waals surface area contributed by atoms with E-state index in [1.807, 2.05) is 111 Å². The predicted molar refractivity (Wildman–Crippen MR) is 189 cm³/mol. The Morgan fingerprint density at radius 2 is 1.54 bits per heavy atom. The van der Waals surface area contributed by atoms with E-state index in [9.17, 15) is 19.8 Å². The molecule has 0 radical (unpaired) electrons. The maximum absolute atomic E-state index is 12.3. The average molecular weight is 682 g/mol. The minimum Gasteiger partial charge on any atom is -0.392 e. The first-order valence-corrected chi connectivity index (χ1v) is 17.1. The Kier molecular flexibility index (Phi) is 13.3. The zero-order valence-corrected chi connectivity index (χ0v) is 28.6. The third-order valence-corrected chi connectivity index (χ3v) is 9.24. The van der Waals surface area contributed by atoms with Gasteiger partial charge in [-0.05, 0) is 65.9 Å². The van der Waals surface area contributed by atoms with Crippen LogP contribution in [0.3, 0.4) is 0 Å². The van der Waals surface area contributed by atoms with Crippen molar-refractivity contribution in [3.63, 3.8) is 0 Å². The number of carbonyl (C=O) groups excluding carboxylic acids is 2. The van der Waals surface area contributed by atoms with Gasteiger partial charge in [0.1, 0.15) is 0 Å². The average Bonchev–Trinajstić information content (AvgIpc) is 3.16. The van der Waals surface area contributed by atoms with Gasteiger partial charge >= 0.3 is 0 Å². The van der Waals surface area contributed by atoms with Gasteiger partial charge in [-0.1, -0.05) is 91.0 Å². The number of nitrogens with zero attached hydrogens (tertiary/aromatic N) is 1. The molecule has 1 aliphatic rings. The second-order valence-corrected chi connectivity index (χ2v) is 12.9. The van der Waals surface area contributed by atoms with Crippen molar-refractivity contribution in [1.29, 1.82) is 0 Å². The molecule has 0 aromatic heterocycles. The van der Waals surface area contributed by atoms with Gasteiger partial charge in [-0.25, -0.2) is 5.48 Å². The second kappa shape index (κ2) is 18.0. The van der Waals surface area contributed by atoms with Crippen LogP contribution < -0.4 is 10.8 Å². The van der Waals surface area contributed by atoms with Crippen LogP contribution in [0.5, 0.6) is 0 Å². The lowest BCUT2D eigenvalue weighted by atomic mass is 9.97. The summed E-state index contributed by atoms with van der Waals surface area (Å²) >= 11 is 0. The molecule has 10 heteroatoms. The quantitative estimate of drug-likeness (QED) is 0.0791. The number of hydrogen-bond acceptors (Lipinski definition) is 8. The van der Waals surface area contributed by atoms with Crippen LogP contribution >= 0.6 is 0 Å². The fourth-order valence-electron chi connectivity index (χ4n) is 6.17. The number of aliphatic hydroxyl groups excluding tert-OH is 2. The highest BCUT2D eigenvalue weighted by atomic mass is 16.7. The molecule has 5 rings (SSSR count). The fraction of sp³-hybridized carbons (Fsp3) is 0.350. The number of amides is 2. The summed E-state index contributed by atoms with van der Waals surface area (Å²) in [7, 11) is 2.00. The molecule has 0 spiro atoms. The largest absolute Gasteiger partial charge is 0.392 e. The third-order valence-electron chi connectivity index (χ3n) is 9.24. The van der Waals surface area contributed by atoms with E-state index in [2.05, 4.69) is 16.3 Å². The van der Waals surface area contributed by atoms with Crippen LogP contribution in [-0.4, -0.2) is 57.9 Å². The second-order valence-electron chi connectivity index (χ2n) is 12.9. The summed E-state index contributed by atoms with van der Waals surface area (Å²) < 4.78 is 13.3. The maximum atomic E-state index is 12.3. The summed E-state index contributed by atoms with van der Waals surface area (Å²) in [6.07, 6.45) is -0.509. The molecular weight excluding hydrogens is 634 g/mol. The van der Waals surface area contributed by atoms with E-state index in [-0.39, 0.29) is 43.6 Å². The van der Waals surface area contributed by atoms with Crippen LogP contribution in [0.25, 0.3) is 11.1 Å². The first-order valence-electron chi connectivity index (χ1n) is 17.1. The Balaban J connectivity index is 1.30. The zero-order valence-electron chi connectivity index (χ0n) is 28.6. The van der Waals surface area contributed by atoms with Gasteiger partial charge in [0.05, 0.1) is 24.9 Å². The fourth-order valence-corrected chi connectivity index (χ4v) is 6.17. The van der Waals surface area contributed by atoms with Gasteiger partial charge < -0.3 is 25.0 Å². The van der Waals surface area contributed by atoms with Gasteiger partial charge in [0.15, 0.2) is 6.29 Å². The van der Waals surface area contributed by atoms with Crippen molar-refractivity contribution in [3.05, 3.63) is 131 Å². The summed E-state index contributed by atoms with van der Waals surface area (Å²) in [4.78, 5) is 25.6. The Morgan fingerprint density at radius 1 is 0.840 bits per heavy atom. The molecule has 4 aromatic rings. The lowest BCUT2D eigenvalue weighted by Gasteiger charge is -2.39. The topological polar surface area (TPSA) is 141 Å².